The first-order valence-electron chi connectivity index (χ1n) is 8.33. The Kier molecular flexibility index (Phi) is 7.10. The van der Waals surface area contributed by atoms with Crippen LogP contribution in [-0.2, 0) is 4.79 Å². The third-order valence-electron chi connectivity index (χ3n) is 4.97. The quantitative estimate of drug-likeness (QED) is 0.667. The van der Waals surface area contributed by atoms with E-state index in [1.807, 2.05) is 13.8 Å². The van der Waals surface area contributed by atoms with Crippen LogP contribution in [-0.4, -0.2) is 66.6 Å². The molecule has 3 unspecified atom stereocenters. The van der Waals surface area contributed by atoms with Crippen molar-refractivity contribution in [3.63, 3.8) is 0 Å². The van der Waals surface area contributed by atoms with Crippen LogP contribution < -0.4 is 11.1 Å². The lowest BCUT2D eigenvalue weighted by Gasteiger charge is -2.36. The molecule has 0 aromatic heterocycles. The van der Waals surface area contributed by atoms with Crippen molar-refractivity contribution in [1.82, 2.24) is 15.1 Å². The van der Waals surface area contributed by atoms with Gasteiger partial charge in [-0.1, -0.05) is 13.8 Å². The molecule has 21 heavy (non-hydrogen) atoms. The second-order valence-corrected chi connectivity index (χ2v) is 6.64. The molecule has 0 spiro atoms. The summed E-state index contributed by atoms with van der Waals surface area (Å²) in [5.41, 5.74) is 4.96. The van der Waals surface area contributed by atoms with Crippen LogP contribution in [0.1, 0.15) is 47.0 Å². The van der Waals surface area contributed by atoms with Crippen molar-refractivity contribution in [2.45, 2.75) is 64.6 Å². The second-order valence-electron chi connectivity index (χ2n) is 6.64. The smallest absolute Gasteiger partial charge is 0.237 e. The lowest BCUT2D eigenvalue weighted by Crippen LogP contribution is -2.56. The van der Waals surface area contributed by atoms with Gasteiger partial charge in [0.15, 0.2) is 0 Å². The molecule has 0 aromatic rings. The molecule has 0 saturated carbocycles. The van der Waals surface area contributed by atoms with E-state index in [0.717, 1.165) is 26.1 Å². The fourth-order valence-electron chi connectivity index (χ4n) is 3.43. The first-order valence-corrected chi connectivity index (χ1v) is 8.33. The average molecular weight is 298 g/mol. The molecule has 5 heteroatoms. The highest BCUT2D eigenvalue weighted by atomic mass is 16.1. The maximum atomic E-state index is 11.7. The predicted octanol–water partition coefficient (Wildman–Crippen LogP) is 1.03. The summed E-state index contributed by atoms with van der Waals surface area (Å²) >= 11 is 0. The van der Waals surface area contributed by atoms with E-state index in [4.69, 9.17) is 5.73 Å². The van der Waals surface area contributed by atoms with Crippen LogP contribution in [0.4, 0.5) is 0 Å². The largest absolute Gasteiger partial charge is 0.368 e. The molecule has 0 bridgehead atoms. The van der Waals surface area contributed by atoms with Crippen LogP contribution in [0.3, 0.4) is 0 Å². The van der Waals surface area contributed by atoms with Crippen LogP contribution in [0, 0.1) is 0 Å². The fraction of sp³-hybridized carbons (Fsp3) is 0.938. The van der Waals surface area contributed by atoms with Gasteiger partial charge in [-0.2, -0.15) is 0 Å². The Morgan fingerprint density at radius 2 is 2.19 bits per heavy atom. The zero-order valence-corrected chi connectivity index (χ0v) is 14.5. The van der Waals surface area contributed by atoms with Gasteiger partial charge in [0.25, 0.3) is 0 Å². The maximum Gasteiger partial charge on any atom is 0.237 e. The Hall–Kier alpha value is -0.650. The average Bonchev–Trinajstić information content (AvgIpc) is 2.85. The zero-order valence-electron chi connectivity index (χ0n) is 14.5. The van der Waals surface area contributed by atoms with E-state index in [0.29, 0.717) is 12.1 Å². The third kappa shape index (κ3) is 4.94. The topological polar surface area (TPSA) is 61.6 Å². The molecule has 1 fully saturated rings. The van der Waals surface area contributed by atoms with E-state index >= 15 is 0 Å². The summed E-state index contributed by atoms with van der Waals surface area (Å²) in [6.45, 7) is 12.5. The van der Waals surface area contributed by atoms with Crippen LogP contribution in [0.15, 0.2) is 0 Å². The Labute approximate surface area is 130 Å². The molecule has 0 aromatic carbocycles. The van der Waals surface area contributed by atoms with Crippen molar-refractivity contribution < 1.29 is 4.79 Å². The van der Waals surface area contributed by atoms with Crippen molar-refractivity contribution in [2.24, 2.45) is 5.73 Å². The van der Waals surface area contributed by atoms with Crippen molar-refractivity contribution >= 4 is 5.91 Å². The monoisotopic (exact) mass is 298 g/mol. The minimum absolute atomic E-state index is 0.263. The summed E-state index contributed by atoms with van der Waals surface area (Å²) < 4.78 is 0. The van der Waals surface area contributed by atoms with Crippen LogP contribution in [0.25, 0.3) is 0 Å². The van der Waals surface area contributed by atoms with E-state index in [9.17, 15) is 4.79 Å². The van der Waals surface area contributed by atoms with Crippen LogP contribution >= 0.6 is 0 Å². The summed E-state index contributed by atoms with van der Waals surface area (Å²) in [7, 11) is 2.16. The van der Waals surface area contributed by atoms with Gasteiger partial charge in [0, 0.05) is 18.6 Å². The van der Waals surface area contributed by atoms with Gasteiger partial charge in [-0.3, -0.25) is 9.69 Å². The number of primary amides is 1. The molecular formula is C16H34N4O. The lowest BCUT2D eigenvalue weighted by molar-refractivity contribution is -0.124. The number of carbonyl (C=O) groups excluding carboxylic acids is 1. The van der Waals surface area contributed by atoms with Gasteiger partial charge in [0.2, 0.25) is 5.91 Å². The standard InChI is InChI=1S/C16H34N4O/c1-6-18-16(4,15(17)21)11-13(3)19(5)12-14-9-8-10-20(14)7-2/h13-14,18H,6-12H2,1-5H3,(H2,17,21). The molecule has 0 aliphatic carbocycles. The Bertz CT molecular complexity index is 336. The fourth-order valence-corrected chi connectivity index (χ4v) is 3.43. The molecule has 124 valence electrons. The maximum absolute atomic E-state index is 11.7. The molecule has 0 radical (unpaired) electrons. The van der Waals surface area contributed by atoms with E-state index in [-0.39, 0.29) is 5.91 Å². The normalized spacial score (nSPS) is 24.2. The van der Waals surface area contributed by atoms with Gasteiger partial charge in [-0.05, 0) is 59.8 Å². The molecule has 3 atom stereocenters. The van der Waals surface area contributed by atoms with E-state index in [1.54, 1.807) is 0 Å². The number of nitrogens with one attached hydrogen (secondary N) is 1. The Balaban J connectivity index is 2.57. The number of rotatable bonds is 9. The summed E-state index contributed by atoms with van der Waals surface area (Å²) in [5.74, 6) is -0.263. The number of nitrogens with zero attached hydrogens (tertiary/aromatic N) is 2. The summed E-state index contributed by atoms with van der Waals surface area (Å²) in [5, 5.41) is 3.25. The third-order valence-corrected chi connectivity index (χ3v) is 4.97. The van der Waals surface area contributed by atoms with Gasteiger partial charge >= 0.3 is 0 Å². The van der Waals surface area contributed by atoms with Crippen LogP contribution in [0.5, 0.6) is 0 Å². The van der Waals surface area contributed by atoms with Crippen molar-refractivity contribution in [3.8, 4) is 0 Å². The highest BCUT2D eigenvalue weighted by Gasteiger charge is 2.34. The van der Waals surface area contributed by atoms with E-state index < -0.39 is 5.54 Å². The van der Waals surface area contributed by atoms with E-state index in [2.05, 4.69) is 36.0 Å². The van der Waals surface area contributed by atoms with E-state index in [1.165, 1.54) is 19.4 Å². The zero-order chi connectivity index (χ0) is 16.0. The minimum atomic E-state index is -0.622. The number of amides is 1. The summed E-state index contributed by atoms with van der Waals surface area (Å²) in [4.78, 5) is 16.7. The van der Waals surface area contributed by atoms with Gasteiger partial charge in [-0.15, -0.1) is 0 Å². The SMILES string of the molecule is CCNC(C)(CC(C)N(C)CC1CCCN1CC)C(N)=O. The molecule has 1 aliphatic heterocycles. The number of likely N-dealkylation sites (tertiary alicyclic amines) is 1. The number of hydrogen-bond acceptors (Lipinski definition) is 4. The highest BCUT2D eigenvalue weighted by Crippen LogP contribution is 2.20. The lowest BCUT2D eigenvalue weighted by atomic mass is 9.92. The summed E-state index contributed by atoms with van der Waals surface area (Å²) in [6.07, 6.45) is 3.33. The van der Waals surface area contributed by atoms with Crippen molar-refractivity contribution in [3.05, 3.63) is 0 Å². The molecule has 3 N–H and O–H groups in total. The molecule has 1 rings (SSSR count). The molecule has 1 aliphatic rings. The number of nitrogens with two attached hydrogens (primary N) is 1. The van der Waals surface area contributed by atoms with Crippen molar-refractivity contribution in [1.29, 1.82) is 0 Å². The second kappa shape index (κ2) is 8.11. The Morgan fingerprint density at radius 1 is 1.52 bits per heavy atom. The number of hydrogen-bond donors (Lipinski definition) is 2. The summed E-state index contributed by atoms with van der Waals surface area (Å²) in [6, 6.07) is 0.974. The molecule has 1 heterocycles. The first-order chi connectivity index (χ1) is 9.84. The van der Waals surface area contributed by atoms with Gasteiger partial charge in [0.05, 0.1) is 5.54 Å². The first kappa shape index (κ1) is 18.4. The van der Waals surface area contributed by atoms with Gasteiger partial charge in [0.1, 0.15) is 0 Å². The minimum Gasteiger partial charge on any atom is -0.368 e. The number of carbonyl (C=O) groups is 1. The molecule has 1 amide bonds. The highest BCUT2D eigenvalue weighted by molar-refractivity contribution is 5.84. The van der Waals surface area contributed by atoms with Gasteiger partial charge < -0.3 is 16.0 Å². The number of likely N-dealkylation sites (N-methyl/N-ethyl adjacent to an activating group) is 3. The predicted molar refractivity (Wildman–Crippen MR) is 88.3 cm³/mol. The molecular weight excluding hydrogens is 264 g/mol. The molecule has 1 saturated heterocycles. The molecule has 5 nitrogen and oxygen atoms in total. The Morgan fingerprint density at radius 3 is 2.71 bits per heavy atom. The van der Waals surface area contributed by atoms with Crippen molar-refractivity contribution in [2.75, 3.05) is 33.2 Å². The van der Waals surface area contributed by atoms with Gasteiger partial charge in [-0.25, -0.2) is 0 Å². The van der Waals surface area contributed by atoms with Crippen LogP contribution in [0.2, 0.25) is 0 Å².